The zero-order valence-electron chi connectivity index (χ0n) is 12.0. The molecule has 0 radical (unpaired) electrons. The van der Waals surface area contributed by atoms with Crippen molar-refractivity contribution in [2.75, 3.05) is 11.9 Å². The molecule has 21 heavy (non-hydrogen) atoms. The molecule has 0 spiro atoms. The molecule has 0 fully saturated rings. The second-order valence-corrected chi connectivity index (χ2v) is 6.09. The average Bonchev–Trinajstić information content (AvgIpc) is 2.96. The first kappa shape index (κ1) is 14.3. The van der Waals surface area contributed by atoms with E-state index in [0.29, 0.717) is 5.75 Å². The predicted octanol–water partition coefficient (Wildman–Crippen LogP) is 3.83. The Balaban J connectivity index is 1.76. The minimum absolute atomic E-state index is 0.206. The van der Waals surface area contributed by atoms with Gasteiger partial charge in [-0.05, 0) is 50.5 Å². The number of fused-ring (bicyclic) bond motifs is 1. The zero-order chi connectivity index (χ0) is 14.7. The number of thioether (sulfide) groups is 1. The summed E-state index contributed by atoms with van der Waals surface area (Å²) in [6.45, 7) is 2.95. The Morgan fingerprint density at radius 1 is 1.19 bits per heavy atom. The number of halogens is 1. The van der Waals surface area contributed by atoms with Gasteiger partial charge >= 0.3 is 0 Å². The molecule has 0 saturated heterocycles. The molecular weight excluding hydrogens is 285 g/mol. The average molecular weight is 303 g/mol. The Morgan fingerprint density at radius 2 is 2.00 bits per heavy atom. The van der Waals surface area contributed by atoms with E-state index < -0.39 is 0 Å². The number of nitrogens with one attached hydrogen (secondary N) is 1. The van der Waals surface area contributed by atoms with Gasteiger partial charge in [-0.15, -0.1) is 11.8 Å². The molecule has 1 aliphatic rings. The van der Waals surface area contributed by atoms with E-state index in [9.17, 15) is 4.39 Å². The largest absolute Gasteiger partial charge is 0.370 e. The molecule has 110 valence electrons. The Kier molecular flexibility index (Phi) is 4.39. The van der Waals surface area contributed by atoms with Gasteiger partial charge in [0.2, 0.25) is 0 Å². The van der Waals surface area contributed by atoms with Crippen LogP contribution in [0.5, 0.6) is 0 Å². The van der Waals surface area contributed by atoms with Gasteiger partial charge in [0.1, 0.15) is 17.5 Å². The van der Waals surface area contributed by atoms with Crippen molar-refractivity contribution in [1.29, 1.82) is 0 Å². The van der Waals surface area contributed by atoms with Crippen molar-refractivity contribution in [2.45, 2.75) is 36.8 Å². The van der Waals surface area contributed by atoms with Crippen LogP contribution >= 0.6 is 11.8 Å². The maximum absolute atomic E-state index is 12.9. The molecular formula is C16H18FN3S. The Labute approximate surface area is 128 Å². The van der Waals surface area contributed by atoms with Crippen LogP contribution in [0.2, 0.25) is 0 Å². The number of aromatic nitrogens is 2. The number of nitrogens with zero attached hydrogens (tertiary/aromatic N) is 2. The van der Waals surface area contributed by atoms with Crippen molar-refractivity contribution in [3.05, 3.63) is 47.2 Å². The van der Waals surface area contributed by atoms with E-state index in [-0.39, 0.29) is 5.82 Å². The summed E-state index contributed by atoms with van der Waals surface area (Å²) in [5.41, 5.74) is 2.48. The van der Waals surface area contributed by atoms with Gasteiger partial charge in [-0.1, -0.05) is 0 Å². The third kappa shape index (κ3) is 3.35. The smallest absolute Gasteiger partial charge is 0.141 e. The van der Waals surface area contributed by atoms with E-state index >= 15 is 0 Å². The summed E-state index contributed by atoms with van der Waals surface area (Å²) < 4.78 is 12.9. The van der Waals surface area contributed by atoms with Gasteiger partial charge in [0.05, 0.1) is 5.75 Å². The molecule has 0 bridgehead atoms. The number of hydrogen-bond donors (Lipinski definition) is 1. The standard InChI is InChI=1S/C16H18FN3S/c1-2-18-16-13-4-3-5-14(13)19-15(20-16)10-21-12-8-6-11(17)7-9-12/h6-9H,2-5,10H2,1H3,(H,18,19,20). The molecule has 5 heteroatoms. The van der Waals surface area contributed by atoms with Crippen LogP contribution in [0.25, 0.3) is 0 Å². The lowest BCUT2D eigenvalue weighted by Crippen LogP contribution is -2.08. The second kappa shape index (κ2) is 6.43. The third-order valence-electron chi connectivity index (χ3n) is 3.51. The predicted molar refractivity (Wildman–Crippen MR) is 84.2 cm³/mol. The second-order valence-electron chi connectivity index (χ2n) is 5.04. The van der Waals surface area contributed by atoms with Gasteiger partial charge in [0.15, 0.2) is 0 Å². The molecule has 3 rings (SSSR count). The Bertz CT molecular complexity index is 628. The maximum atomic E-state index is 12.9. The third-order valence-corrected chi connectivity index (χ3v) is 4.51. The summed E-state index contributed by atoms with van der Waals surface area (Å²) in [5.74, 6) is 2.34. The Morgan fingerprint density at radius 3 is 2.76 bits per heavy atom. The van der Waals surface area contributed by atoms with Crippen molar-refractivity contribution in [2.24, 2.45) is 0 Å². The fourth-order valence-corrected chi connectivity index (χ4v) is 3.29. The summed E-state index contributed by atoms with van der Waals surface area (Å²) >= 11 is 1.64. The molecule has 1 aromatic carbocycles. The first-order valence-electron chi connectivity index (χ1n) is 7.27. The van der Waals surface area contributed by atoms with Crippen LogP contribution in [-0.4, -0.2) is 16.5 Å². The number of rotatable bonds is 5. The van der Waals surface area contributed by atoms with Gasteiger partial charge in [0.25, 0.3) is 0 Å². The Hall–Kier alpha value is -1.62. The molecule has 1 heterocycles. The van der Waals surface area contributed by atoms with Crippen LogP contribution in [0.15, 0.2) is 29.2 Å². The quantitative estimate of drug-likeness (QED) is 0.852. The van der Waals surface area contributed by atoms with Gasteiger partial charge in [-0.2, -0.15) is 0 Å². The highest BCUT2D eigenvalue weighted by molar-refractivity contribution is 7.98. The number of anilines is 1. The van der Waals surface area contributed by atoms with Gasteiger partial charge in [-0.3, -0.25) is 0 Å². The SMILES string of the molecule is CCNc1nc(CSc2ccc(F)cc2)nc2c1CCC2. The molecule has 1 N–H and O–H groups in total. The molecule has 2 aromatic rings. The molecule has 0 amide bonds. The van der Waals surface area contributed by atoms with Crippen LogP contribution < -0.4 is 5.32 Å². The monoisotopic (exact) mass is 303 g/mol. The van der Waals surface area contributed by atoms with Crippen molar-refractivity contribution in [3.63, 3.8) is 0 Å². The molecule has 0 aliphatic heterocycles. The summed E-state index contributed by atoms with van der Waals surface area (Å²) in [6.07, 6.45) is 3.28. The summed E-state index contributed by atoms with van der Waals surface area (Å²) in [7, 11) is 0. The normalized spacial score (nSPS) is 13.2. The van der Waals surface area contributed by atoms with Crippen molar-refractivity contribution < 1.29 is 4.39 Å². The van der Waals surface area contributed by atoms with Crippen molar-refractivity contribution in [3.8, 4) is 0 Å². The van der Waals surface area contributed by atoms with E-state index in [2.05, 4.69) is 22.2 Å². The summed E-state index contributed by atoms with van der Waals surface area (Å²) in [6, 6.07) is 6.54. The number of aryl methyl sites for hydroxylation is 1. The maximum Gasteiger partial charge on any atom is 0.141 e. The molecule has 0 saturated carbocycles. The van der Waals surface area contributed by atoms with Crippen LogP contribution in [0.1, 0.15) is 30.4 Å². The van der Waals surface area contributed by atoms with Gasteiger partial charge < -0.3 is 5.32 Å². The number of benzene rings is 1. The van der Waals surface area contributed by atoms with Crippen LogP contribution in [0, 0.1) is 5.82 Å². The van der Waals surface area contributed by atoms with Crippen molar-refractivity contribution in [1.82, 2.24) is 9.97 Å². The lowest BCUT2D eigenvalue weighted by Gasteiger charge is -2.10. The lowest BCUT2D eigenvalue weighted by molar-refractivity contribution is 0.626. The first-order valence-corrected chi connectivity index (χ1v) is 8.25. The molecule has 3 nitrogen and oxygen atoms in total. The van der Waals surface area contributed by atoms with E-state index in [1.54, 1.807) is 23.9 Å². The van der Waals surface area contributed by atoms with Crippen LogP contribution in [-0.2, 0) is 18.6 Å². The molecule has 0 atom stereocenters. The highest BCUT2D eigenvalue weighted by Gasteiger charge is 2.18. The topological polar surface area (TPSA) is 37.8 Å². The van der Waals surface area contributed by atoms with Crippen LogP contribution in [0.4, 0.5) is 10.2 Å². The fourth-order valence-electron chi connectivity index (χ4n) is 2.54. The minimum atomic E-state index is -0.206. The fraction of sp³-hybridized carbons (Fsp3) is 0.375. The summed E-state index contributed by atoms with van der Waals surface area (Å²) in [5, 5.41) is 3.34. The van der Waals surface area contributed by atoms with Gasteiger partial charge in [-0.25, -0.2) is 14.4 Å². The van der Waals surface area contributed by atoms with Crippen LogP contribution in [0.3, 0.4) is 0 Å². The summed E-state index contributed by atoms with van der Waals surface area (Å²) in [4.78, 5) is 10.4. The lowest BCUT2D eigenvalue weighted by atomic mass is 10.2. The highest BCUT2D eigenvalue weighted by atomic mass is 32.2. The highest BCUT2D eigenvalue weighted by Crippen LogP contribution is 2.28. The molecule has 1 aromatic heterocycles. The van der Waals surface area contributed by atoms with E-state index in [0.717, 1.165) is 42.3 Å². The van der Waals surface area contributed by atoms with Crippen molar-refractivity contribution >= 4 is 17.6 Å². The molecule has 0 unspecified atom stereocenters. The van der Waals surface area contributed by atoms with Gasteiger partial charge in [0, 0.05) is 22.7 Å². The zero-order valence-corrected chi connectivity index (χ0v) is 12.8. The minimum Gasteiger partial charge on any atom is -0.370 e. The number of hydrogen-bond acceptors (Lipinski definition) is 4. The van der Waals surface area contributed by atoms with E-state index in [4.69, 9.17) is 0 Å². The van der Waals surface area contributed by atoms with E-state index in [1.165, 1.54) is 23.4 Å². The first-order chi connectivity index (χ1) is 10.3. The van der Waals surface area contributed by atoms with E-state index in [1.807, 2.05) is 0 Å². The molecule has 1 aliphatic carbocycles.